The highest BCUT2D eigenvalue weighted by molar-refractivity contribution is 6.36. The molecule has 4 aromatic carbocycles. The molecule has 7 aliphatic rings. The van der Waals surface area contributed by atoms with Gasteiger partial charge in [-0.3, -0.25) is 28.8 Å². The Morgan fingerprint density at radius 1 is 0.600 bits per heavy atom. The minimum absolute atomic E-state index is 0.0300. The Hall–Kier alpha value is -9.30. The lowest BCUT2D eigenvalue weighted by atomic mass is 9.78. The number of ether oxygens (including phenoxy) is 11. The topological polar surface area (TPSA) is 374 Å². The van der Waals surface area contributed by atoms with E-state index >= 15 is 0 Å². The number of carbonyl (C=O) groups is 8. The fourth-order valence-corrected chi connectivity index (χ4v) is 16.3. The fraction of sp³-hybridized carbons (Fsp3) is 0.524. The Balaban J connectivity index is 0.000000244. The molecule has 5 fully saturated rings. The Labute approximate surface area is 680 Å². The van der Waals surface area contributed by atoms with E-state index in [1.54, 1.807) is 109 Å². The minimum atomic E-state index is -1.60. The van der Waals surface area contributed by atoms with E-state index in [0.717, 1.165) is 27.2 Å². The monoisotopic (exact) mass is 1640 g/mol. The number of methoxy groups -OCH3 is 4. The molecule has 7 aliphatic heterocycles. The molecular weight excluding hydrogens is 1530 g/mol. The number of halogens is 2. The molecule has 0 radical (unpaired) electrons. The van der Waals surface area contributed by atoms with E-state index in [9.17, 15) is 53.7 Å². The van der Waals surface area contributed by atoms with Crippen LogP contribution in [0, 0.1) is 11.8 Å². The molecule has 4 aromatic rings. The van der Waals surface area contributed by atoms with Gasteiger partial charge in [0.25, 0.3) is 11.8 Å². The molecule has 7 heterocycles. The zero-order chi connectivity index (χ0) is 84.2. The highest BCUT2D eigenvalue weighted by Gasteiger charge is 2.66. The number of nitrogen functional groups attached to an aromatic ring is 2. The van der Waals surface area contributed by atoms with Crippen molar-refractivity contribution in [3.05, 3.63) is 141 Å². The van der Waals surface area contributed by atoms with Crippen LogP contribution < -0.4 is 35.6 Å². The van der Waals surface area contributed by atoms with Gasteiger partial charge in [-0.25, -0.2) is 9.59 Å². The van der Waals surface area contributed by atoms with Crippen molar-refractivity contribution in [1.82, 2.24) is 9.80 Å². The standard InChI is InChI=1S/C44H57ClN4O11.C40H50ClN3O11/c1-25-10-9-11-35(56-8)44(54)23-34(58-38(51)24-44)26(2)40-43(4,60-40)36(22-37(50)48(6)32-19-28(18-25)20-33(55-7)39(32)45)59-42(53)27(3)47(5)41(52)29-12-13-30(46)31(21-29)49-14-16-57-17-15-49;1-21-10-9-11-31(52-8)40(50)19-30(53-34(47)20-40)22(2)36-39(4,55-36)32(18-33(46)44(6)27-15-24(14-21)16-29(51-7)35(27)41)54-38(49)23(3)43(5)37(48)25-12-13-26(42)28(45)17-25/h9-13,19-21,26-27,34-36,40,54H,14-18,22-24,46H2,1-8H3;9-13,15-17,22-23,30-32,36,45,50H,14,18-20,42H2,1-8H3/b11-9+,25-10+;11-9+,21-10+/t26-,27+,34+,35-,36+,40+,43+,44-;22-,23+,30+,31-,32+,36+,39+,40-/m11/s1. The number of likely N-dealkylation sites (N-methyl/N-ethyl adjacent to an activating group) is 2. The van der Waals surface area contributed by atoms with Crippen molar-refractivity contribution in [3.63, 3.8) is 0 Å². The van der Waals surface area contributed by atoms with Gasteiger partial charge in [0.15, 0.2) is 0 Å². The quantitative estimate of drug-likeness (QED) is 0.0274. The number of hydrogen-bond donors (Lipinski definition) is 5. The van der Waals surface area contributed by atoms with Crippen LogP contribution >= 0.6 is 23.2 Å². The number of rotatable bonds is 13. The van der Waals surface area contributed by atoms with Gasteiger partial charge in [-0.2, -0.15) is 0 Å². The first-order valence-corrected chi connectivity index (χ1v) is 38.9. The molecule has 29 nitrogen and oxygen atoms in total. The molecule has 0 spiro atoms. The average Bonchev–Trinajstić information content (AvgIpc) is 1.58. The summed E-state index contributed by atoms with van der Waals surface area (Å²) < 4.78 is 64.5. The van der Waals surface area contributed by atoms with Gasteiger partial charge in [-0.15, -0.1) is 0 Å². The molecule has 7 N–H and O–H groups in total. The minimum Gasteiger partial charge on any atom is -0.506 e. The van der Waals surface area contributed by atoms with Gasteiger partial charge >= 0.3 is 23.9 Å². The van der Waals surface area contributed by atoms with Crippen molar-refractivity contribution < 1.29 is 106 Å². The summed E-state index contributed by atoms with van der Waals surface area (Å²) in [7, 11) is 11.9. The van der Waals surface area contributed by atoms with Crippen molar-refractivity contribution in [2.75, 3.05) is 109 Å². The number of nitrogens with two attached hydrogens (primary N) is 2. The number of hydrogen-bond acceptors (Lipinski definition) is 25. The molecule has 8 bridgehead atoms. The smallest absolute Gasteiger partial charge is 0.328 e. The maximum absolute atomic E-state index is 14.3. The number of aromatic hydroxyl groups is 1. The predicted molar refractivity (Wildman–Crippen MR) is 429 cm³/mol. The lowest BCUT2D eigenvalue weighted by Crippen LogP contribution is -2.53. The van der Waals surface area contributed by atoms with Gasteiger partial charge in [0.1, 0.15) is 98.4 Å². The molecule has 0 unspecified atom stereocenters. The highest BCUT2D eigenvalue weighted by atomic mass is 35.5. The number of morpholine rings is 1. The van der Waals surface area contributed by atoms with E-state index in [0.29, 0.717) is 79.0 Å². The third kappa shape index (κ3) is 19.4. The van der Waals surface area contributed by atoms with E-state index < -0.39 is 143 Å². The Morgan fingerprint density at radius 2 is 1.00 bits per heavy atom. The zero-order valence-corrected chi connectivity index (χ0v) is 69.4. The number of anilines is 5. The fourth-order valence-electron chi connectivity index (χ4n) is 15.7. The molecule has 31 heteroatoms. The van der Waals surface area contributed by atoms with E-state index in [1.165, 1.54) is 82.4 Å². The molecule has 0 aliphatic carbocycles. The lowest BCUT2D eigenvalue weighted by Gasteiger charge is -2.41. The highest BCUT2D eigenvalue weighted by Crippen LogP contribution is 2.52. The van der Waals surface area contributed by atoms with Crippen LogP contribution in [-0.4, -0.2) is 239 Å². The van der Waals surface area contributed by atoms with E-state index in [1.807, 2.05) is 32.9 Å². The number of carbonyl (C=O) groups excluding carboxylic acids is 8. The Kier molecular flexibility index (Phi) is 27.6. The van der Waals surface area contributed by atoms with Crippen LogP contribution in [0.2, 0.25) is 10.0 Å². The number of amides is 4. The normalized spacial score (nSPS) is 30.6. The molecule has 0 saturated carbocycles. The van der Waals surface area contributed by atoms with Crippen molar-refractivity contribution in [2.45, 2.75) is 190 Å². The van der Waals surface area contributed by atoms with Crippen LogP contribution in [0.5, 0.6) is 17.2 Å². The molecule has 115 heavy (non-hydrogen) atoms. The second-order valence-corrected chi connectivity index (χ2v) is 32.2. The third-order valence-electron chi connectivity index (χ3n) is 23.3. The van der Waals surface area contributed by atoms with E-state index in [4.69, 9.17) is 86.8 Å². The summed E-state index contributed by atoms with van der Waals surface area (Å²) in [4.78, 5) is 117. The van der Waals surface area contributed by atoms with Gasteiger partial charge in [-0.1, -0.05) is 84.7 Å². The maximum Gasteiger partial charge on any atom is 0.328 e. The van der Waals surface area contributed by atoms with Crippen LogP contribution in [0.1, 0.15) is 126 Å². The second-order valence-electron chi connectivity index (χ2n) is 31.4. The molecule has 11 rings (SSSR count). The summed E-state index contributed by atoms with van der Waals surface area (Å²) in [5.74, 6) is -5.34. The number of phenolic OH excluding ortho intramolecular Hbond substituents is 1. The average molecular weight is 1640 g/mol. The molecule has 4 amide bonds. The molecule has 16 atom stereocenters. The number of phenols is 1. The summed E-state index contributed by atoms with van der Waals surface area (Å²) >= 11 is 13.6. The number of benzene rings is 4. The van der Waals surface area contributed by atoms with Crippen LogP contribution in [-0.2, 0) is 84.2 Å². The van der Waals surface area contributed by atoms with Gasteiger partial charge in [0.05, 0.1) is 93.8 Å². The Morgan fingerprint density at radius 3 is 1.39 bits per heavy atom. The van der Waals surface area contributed by atoms with Gasteiger partial charge < -0.3 is 103 Å². The Bertz CT molecular complexity index is 4490. The van der Waals surface area contributed by atoms with Crippen LogP contribution in [0.4, 0.5) is 28.4 Å². The van der Waals surface area contributed by atoms with Crippen LogP contribution in [0.25, 0.3) is 0 Å². The van der Waals surface area contributed by atoms with Gasteiger partial charge in [0.2, 0.25) is 11.8 Å². The summed E-state index contributed by atoms with van der Waals surface area (Å²) in [6.07, 6.45) is 3.38. The molecule has 5 saturated heterocycles. The summed E-state index contributed by atoms with van der Waals surface area (Å²) in [5, 5.41) is 34.3. The summed E-state index contributed by atoms with van der Waals surface area (Å²) in [5.41, 5.74) is 12.2. The largest absolute Gasteiger partial charge is 0.506 e. The van der Waals surface area contributed by atoms with Crippen molar-refractivity contribution in [1.29, 1.82) is 0 Å². The van der Waals surface area contributed by atoms with Gasteiger partial charge in [0, 0.05) is 91.3 Å². The maximum atomic E-state index is 14.3. The molecule has 624 valence electrons. The first kappa shape index (κ1) is 88.1. The molecular formula is C84H107Cl2N7O22. The third-order valence-corrected chi connectivity index (χ3v) is 24.1. The predicted octanol–water partition coefficient (Wildman–Crippen LogP) is 8.86. The molecule has 0 aromatic heterocycles. The summed E-state index contributed by atoms with van der Waals surface area (Å²) in [6, 6.07) is 13.9. The van der Waals surface area contributed by atoms with Crippen molar-refractivity contribution in [3.8, 4) is 17.2 Å². The number of nitrogens with zero attached hydrogens (tertiary/aromatic N) is 5. The van der Waals surface area contributed by atoms with Crippen LogP contribution in [0.3, 0.4) is 0 Å². The van der Waals surface area contributed by atoms with Crippen LogP contribution in [0.15, 0.2) is 108 Å². The number of aliphatic hydroxyl groups is 2. The first-order valence-electron chi connectivity index (χ1n) is 38.2. The first-order chi connectivity index (χ1) is 54.2. The SMILES string of the molecule is COc1cc2cc(c1Cl)N(C)C(=O)C[C@H](OC(=O)[C@H](C)N(C)C(=O)c1ccc(N)c(N3CCOCC3)c1)[C@]1(C)O[C@H]1[C@H](C)[C@@H]1C[C@@](O)(CC(=O)O1)[C@H](OC)/C=C/C=C(\C)C2.COc1cc2cc(c1Cl)N(C)C(=O)C[C@H](OC(=O)[C@H](C)N(C)C(=O)c1ccc(N)c(O)c1)[C@]1(C)O[C@H]1[C@H](C)[C@@H]1C[C@@](O)(CC(=O)O1)[C@H](OC)/C=C/C=C(\C)C2. The number of allylic oxidation sites excluding steroid dienone is 6. The van der Waals surface area contributed by atoms with E-state index in [2.05, 4.69) is 4.90 Å². The van der Waals surface area contributed by atoms with E-state index in [-0.39, 0.29) is 65.6 Å². The number of epoxide rings is 2. The lowest BCUT2D eigenvalue weighted by molar-refractivity contribution is -0.188. The van der Waals surface area contributed by atoms with Gasteiger partial charge in [-0.05, 0) is 126 Å². The summed E-state index contributed by atoms with van der Waals surface area (Å²) in [6.45, 7) is 16.2. The number of fused-ring (bicyclic) bond motifs is 10. The van der Waals surface area contributed by atoms with Crippen molar-refractivity contribution >= 4 is 99.1 Å². The van der Waals surface area contributed by atoms with Crippen molar-refractivity contribution in [2.24, 2.45) is 11.8 Å². The second kappa shape index (κ2) is 36.1. The number of esters is 4. The zero-order valence-electron chi connectivity index (χ0n) is 67.9.